The SMILES string of the molecule is CCN1CC[CH]CC1C1CCN(C)CC1. The molecule has 0 N–H and O–H groups in total. The zero-order valence-corrected chi connectivity index (χ0v) is 10.3. The maximum atomic E-state index is 2.70. The molecule has 0 aromatic heterocycles. The maximum Gasteiger partial charge on any atom is 0.0127 e. The summed E-state index contributed by atoms with van der Waals surface area (Å²) in [5.74, 6) is 0.956. The van der Waals surface area contributed by atoms with Crippen molar-refractivity contribution in [2.75, 3.05) is 33.2 Å². The summed E-state index contributed by atoms with van der Waals surface area (Å²) in [6, 6.07) is 0.859. The molecule has 1 atom stereocenters. The van der Waals surface area contributed by atoms with Crippen molar-refractivity contribution in [3.63, 3.8) is 0 Å². The lowest BCUT2D eigenvalue weighted by Crippen LogP contribution is -2.47. The number of piperidine rings is 2. The predicted octanol–water partition coefficient (Wildman–Crippen LogP) is 2.02. The van der Waals surface area contributed by atoms with Gasteiger partial charge in [0.1, 0.15) is 0 Å². The molecule has 2 aliphatic heterocycles. The molecule has 0 aromatic carbocycles. The molecule has 0 spiro atoms. The van der Waals surface area contributed by atoms with Crippen molar-refractivity contribution < 1.29 is 0 Å². The van der Waals surface area contributed by atoms with Gasteiger partial charge in [-0.1, -0.05) is 6.92 Å². The fraction of sp³-hybridized carbons (Fsp3) is 0.923. The van der Waals surface area contributed by atoms with E-state index >= 15 is 0 Å². The minimum Gasteiger partial charge on any atom is -0.306 e. The first kappa shape index (κ1) is 11.4. The van der Waals surface area contributed by atoms with Gasteiger partial charge in [-0.25, -0.2) is 0 Å². The summed E-state index contributed by atoms with van der Waals surface area (Å²) in [5.41, 5.74) is 0. The zero-order chi connectivity index (χ0) is 10.7. The summed E-state index contributed by atoms with van der Waals surface area (Å²) < 4.78 is 0. The van der Waals surface area contributed by atoms with E-state index in [4.69, 9.17) is 0 Å². The van der Waals surface area contributed by atoms with Gasteiger partial charge in [0.25, 0.3) is 0 Å². The van der Waals surface area contributed by atoms with Crippen LogP contribution >= 0.6 is 0 Å². The summed E-state index contributed by atoms with van der Waals surface area (Å²) in [6.07, 6.45) is 7.96. The van der Waals surface area contributed by atoms with Gasteiger partial charge in [-0.3, -0.25) is 0 Å². The van der Waals surface area contributed by atoms with Gasteiger partial charge in [-0.05, 0) is 71.2 Å². The van der Waals surface area contributed by atoms with Crippen LogP contribution in [0.25, 0.3) is 0 Å². The van der Waals surface area contributed by atoms with E-state index in [1.807, 2.05) is 0 Å². The third-order valence-corrected chi connectivity index (χ3v) is 4.21. The van der Waals surface area contributed by atoms with Gasteiger partial charge >= 0.3 is 0 Å². The van der Waals surface area contributed by atoms with Crippen LogP contribution in [0.15, 0.2) is 0 Å². The second kappa shape index (κ2) is 5.31. The Balaban J connectivity index is 1.90. The Kier molecular flexibility index (Phi) is 4.04. The third kappa shape index (κ3) is 2.73. The highest BCUT2D eigenvalue weighted by Crippen LogP contribution is 2.29. The molecule has 15 heavy (non-hydrogen) atoms. The predicted molar refractivity (Wildman–Crippen MR) is 64.8 cm³/mol. The van der Waals surface area contributed by atoms with Crippen molar-refractivity contribution >= 4 is 0 Å². The first-order valence-corrected chi connectivity index (χ1v) is 6.55. The van der Waals surface area contributed by atoms with Gasteiger partial charge in [0.05, 0.1) is 0 Å². The van der Waals surface area contributed by atoms with E-state index in [2.05, 4.69) is 30.2 Å². The summed E-state index contributed by atoms with van der Waals surface area (Å²) in [7, 11) is 2.25. The van der Waals surface area contributed by atoms with E-state index in [0.717, 1.165) is 12.0 Å². The van der Waals surface area contributed by atoms with Gasteiger partial charge in [0.2, 0.25) is 0 Å². The Morgan fingerprint density at radius 3 is 2.60 bits per heavy atom. The van der Waals surface area contributed by atoms with Crippen LogP contribution in [-0.4, -0.2) is 49.1 Å². The minimum absolute atomic E-state index is 0.859. The number of hydrogen-bond donors (Lipinski definition) is 0. The van der Waals surface area contributed by atoms with Gasteiger partial charge in [-0.2, -0.15) is 0 Å². The first-order valence-electron chi connectivity index (χ1n) is 6.55. The molecule has 2 aliphatic rings. The lowest BCUT2D eigenvalue weighted by atomic mass is 9.84. The van der Waals surface area contributed by atoms with E-state index in [1.54, 1.807) is 0 Å². The van der Waals surface area contributed by atoms with Crippen LogP contribution < -0.4 is 0 Å². The minimum atomic E-state index is 0.859. The Labute approximate surface area is 94.6 Å². The second-order valence-electron chi connectivity index (χ2n) is 5.15. The van der Waals surface area contributed by atoms with Crippen LogP contribution in [-0.2, 0) is 0 Å². The van der Waals surface area contributed by atoms with Gasteiger partial charge in [-0.15, -0.1) is 0 Å². The van der Waals surface area contributed by atoms with Crippen LogP contribution in [0.4, 0.5) is 0 Å². The smallest absolute Gasteiger partial charge is 0.0127 e. The maximum absolute atomic E-state index is 2.70. The number of likely N-dealkylation sites (tertiary alicyclic amines) is 2. The van der Waals surface area contributed by atoms with Crippen molar-refractivity contribution in [3.05, 3.63) is 6.42 Å². The fourth-order valence-corrected chi connectivity index (χ4v) is 3.16. The fourth-order valence-electron chi connectivity index (χ4n) is 3.16. The van der Waals surface area contributed by atoms with Crippen LogP contribution in [0.3, 0.4) is 0 Å². The highest BCUT2D eigenvalue weighted by molar-refractivity contribution is 4.91. The topological polar surface area (TPSA) is 6.48 Å². The van der Waals surface area contributed by atoms with Crippen molar-refractivity contribution in [2.45, 2.75) is 38.6 Å². The normalized spacial score (nSPS) is 32.0. The third-order valence-electron chi connectivity index (χ3n) is 4.21. The molecule has 2 saturated heterocycles. The summed E-state index contributed by atoms with van der Waals surface area (Å²) >= 11 is 0. The summed E-state index contributed by atoms with van der Waals surface area (Å²) in [4.78, 5) is 5.18. The molecule has 2 nitrogen and oxygen atoms in total. The molecule has 2 fully saturated rings. The molecule has 2 rings (SSSR count). The average Bonchev–Trinajstić information content (AvgIpc) is 2.30. The molecular formula is C13H25N2. The Bertz CT molecular complexity index is 185. The van der Waals surface area contributed by atoms with Crippen LogP contribution in [0.1, 0.15) is 32.6 Å². The van der Waals surface area contributed by atoms with E-state index in [9.17, 15) is 0 Å². The van der Waals surface area contributed by atoms with Crippen molar-refractivity contribution in [1.29, 1.82) is 0 Å². The van der Waals surface area contributed by atoms with E-state index in [-0.39, 0.29) is 0 Å². The van der Waals surface area contributed by atoms with Crippen LogP contribution in [0.2, 0.25) is 0 Å². The molecule has 0 bridgehead atoms. The van der Waals surface area contributed by atoms with Gasteiger partial charge in [0.15, 0.2) is 0 Å². The lowest BCUT2D eigenvalue weighted by molar-refractivity contribution is 0.0846. The van der Waals surface area contributed by atoms with Crippen molar-refractivity contribution in [3.8, 4) is 0 Å². The van der Waals surface area contributed by atoms with Gasteiger partial charge < -0.3 is 9.80 Å². The monoisotopic (exact) mass is 209 g/mol. The van der Waals surface area contributed by atoms with Gasteiger partial charge in [0, 0.05) is 6.04 Å². The Morgan fingerprint density at radius 2 is 1.93 bits per heavy atom. The molecule has 87 valence electrons. The lowest BCUT2D eigenvalue weighted by Gasteiger charge is -2.42. The standard InChI is InChI=1S/C13H25N2/c1-3-15-9-5-4-6-13(15)12-7-10-14(2)11-8-12/h4,12-13H,3,5-11H2,1-2H3. The Hall–Kier alpha value is -0.0800. The molecule has 0 saturated carbocycles. The highest BCUT2D eigenvalue weighted by Gasteiger charge is 2.30. The van der Waals surface area contributed by atoms with E-state index in [1.165, 1.54) is 51.9 Å². The molecule has 1 radical (unpaired) electrons. The molecule has 2 heterocycles. The summed E-state index contributed by atoms with van der Waals surface area (Å²) in [6.45, 7) is 7.46. The molecule has 2 heteroatoms. The molecular weight excluding hydrogens is 184 g/mol. The van der Waals surface area contributed by atoms with E-state index in [0.29, 0.717) is 0 Å². The second-order valence-corrected chi connectivity index (χ2v) is 5.15. The van der Waals surface area contributed by atoms with E-state index < -0.39 is 0 Å². The van der Waals surface area contributed by atoms with Crippen LogP contribution in [0.5, 0.6) is 0 Å². The highest BCUT2D eigenvalue weighted by atomic mass is 15.2. The van der Waals surface area contributed by atoms with Crippen LogP contribution in [0, 0.1) is 12.3 Å². The number of hydrogen-bond acceptors (Lipinski definition) is 2. The zero-order valence-electron chi connectivity index (χ0n) is 10.3. The number of nitrogens with zero attached hydrogens (tertiary/aromatic N) is 2. The molecule has 0 aromatic rings. The van der Waals surface area contributed by atoms with Crippen molar-refractivity contribution in [2.24, 2.45) is 5.92 Å². The average molecular weight is 209 g/mol. The summed E-state index contributed by atoms with van der Waals surface area (Å²) in [5, 5.41) is 0. The Morgan fingerprint density at radius 1 is 1.20 bits per heavy atom. The first-order chi connectivity index (χ1) is 7.31. The van der Waals surface area contributed by atoms with Crippen molar-refractivity contribution in [1.82, 2.24) is 9.80 Å². The molecule has 1 unspecified atom stereocenters. The largest absolute Gasteiger partial charge is 0.306 e. The molecule has 0 aliphatic carbocycles. The number of rotatable bonds is 2. The molecule has 0 amide bonds. The quantitative estimate of drug-likeness (QED) is 0.686.